The van der Waals surface area contributed by atoms with Crippen LogP contribution in [0.25, 0.3) is 0 Å². The normalized spacial score (nSPS) is 15.7. The molecular weight excluding hydrogens is 285 g/mol. The molecular formula is C14H19Cl2NO2. The minimum Gasteiger partial charge on any atom is -0.469 e. The number of hydrogen-bond donors (Lipinski definition) is 1. The van der Waals surface area contributed by atoms with Gasteiger partial charge in [0.1, 0.15) is 0 Å². The van der Waals surface area contributed by atoms with Crippen molar-refractivity contribution in [2.45, 2.75) is 38.1 Å². The first kappa shape index (κ1) is 16.3. The monoisotopic (exact) mass is 303 g/mol. The number of hydrogen-bond acceptors (Lipinski definition) is 3. The van der Waals surface area contributed by atoms with Gasteiger partial charge in [-0.05, 0) is 24.1 Å². The fraction of sp³-hybridized carbons (Fsp3) is 0.500. The summed E-state index contributed by atoms with van der Waals surface area (Å²) in [6, 6.07) is 5.03. The molecule has 1 rings (SSSR count). The molecule has 19 heavy (non-hydrogen) atoms. The van der Waals surface area contributed by atoms with Crippen molar-refractivity contribution in [1.29, 1.82) is 0 Å². The average Bonchev–Trinajstić information content (AvgIpc) is 2.37. The Morgan fingerprint density at radius 3 is 2.58 bits per heavy atom. The predicted octanol–water partition coefficient (Wildman–Crippen LogP) is 3.55. The molecule has 0 spiro atoms. The summed E-state index contributed by atoms with van der Waals surface area (Å²) in [7, 11) is 1.36. The van der Waals surface area contributed by atoms with E-state index in [2.05, 4.69) is 0 Å². The molecule has 0 aliphatic heterocycles. The molecule has 0 saturated carbocycles. The Morgan fingerprint density at radius 2 is 2.11 bits per heavy atom. The standard InChI is InChI=1S/C14H19Cl2NO2/c1-4-12(17)14(2,8-13(18)19-3)10-6-5-9(15)7-11(10)16/h5-7,12H,4,8,17H2,1-3H3. The first-order chi connectivity index (χ1) is 8.85. The molecule has 0 aromatic heterocycles. The molecule has 0 saturated heterocycles. The minimum absolute atomic E-state index is 0.180. The first-order valence-corrected chi connectivity index (χ1v) is 6.88. The summed E-state index contributed by atoms with van der Waals surface area (Å²) in [4.78, 5) is 11.7. The molecule has 0 heterocycles. The van der Waals surface area contributed by atoms with Crippen LogP contribution in [0.3, 0.4) is 0 Å². The van der Waals surface area contributed by atoms with E-state index >= 15 is 0 Å². The van der Waals surface area contributed by atoms with Gasteiger partial charge in [0, 0.05) is 21.5 Å². The maximum Gasteiger partial charge on any atom is 0.306 e. The van der Waals surface area contributed by atoms with Crippen LogP contribution < -0.4 is 5.73 Å². The topological polar surface area (TPSA) is 52.3 Å². The van der Waals surface area contributed by atoms with Crippen LogP contribution >= 0.6 is 23.2 Å². The molecule has 0 aliphatic carbocycles. The van der Waals surface area contributed by atoms with Crippen LogP contribution in [0.5, 0.6) is 0 Å². The lowest BCUT2D eigenvalue weighted by molar-refractivity contribution is -0.142. The van der Waals surface area contributed by atoms with E-state index in [0.717, 1.165) is 12.0 Å². The van der Waals surface area contributed by atoms with Crippen molar-refractivity contribution in [1.82, 2.24) is 0 Å². The number of ether oxygens (including phenoxy) is 1. The van der Waals surface area contributed by atoms with Crippen LogP contribution in [0.2, 0.25) is 10.0 Å². The number of nitrogens with two attached hydrogens (primary N) is 1. The van der Waals surface area contributed by atoms with Crippen molar-refractivity contribution >= 4 is 29.2 Å². The molecule has 1 aromatic rings. The Labute approximate surface area is 124 Å². The molecule has 2 atom stereocenters. The zero-order valence-electron chi connectivity index (χ0n) is 11.4. The Balaban J connectivity index is 3.26. The van der Waals surface area contributed by atoms with Crippen molar-refractivity contribution in [3.63, 3.8) is 0 Å². The quantitative estimate of drug-likeness (QED) is 0.846. The van der Waals surface area contributed by atoms with Crippen LogP contribution in [-0.2, 0) is 14.9 Å². The number of methoxy groups -OCH3 is 1. The van der Waals surface area contributed by atoms with Crippen LogP contribution in [0.1, 0.15) is 32.3 Å². The van der Waals surface area contributed by atoms with Crippen molar-refractivity contribution in [3.8, 4) is 0 Å². The largest absolute Gasteiger partial charge is 0.469 e. The fourth-order valence-electron chi connectivity index (χ4n) is 2.20. The van der Waals surface area contributed by atoms with Crippen molar-refractivity contribution in [3.05, 3.63) is 33.8 Å². The summed E-state index contributed by atoms with van der Waals surface area (Å²) >= 11 is 12.2. The molecule has 2 N–H and O–H groups in total. The molecule has 106 valence electrons. The van der Waals surface area contributed by atoms with Crippen LogP contribution in [0, 0.1) is 0 Å². The van der Waals surface area contributed by atoms with Crippen molar-refractivity contribution in [2.75, 3.05) is 7.11 Å². The summed E-state index contributed by atoms with van der Waals surface area (Å²) in [6.07, 6.45) is 0.909. The molecule has 0 aliphatic rings. The van der Waals surface area contributed by atoms with Gasteiger partial charge in [0.15, 0.2) is 0 Å². The summed E-state index contributed by atoms with van der Waals surface area (Å²) in [5, 5.41) is 1.07. The molecule has 1 aromatic carbocycles. The van der Waals surface area contributed by atoms with E-state index in [-0.39, 0.29) is 18.4 Å². The highest BCUT2D eigenvalue weighted by molar-refractivity contribution is 6.35. The molecule has 0 amide bonds. The van der Waals surface area contributed by atoms with Gasteiger partial charge in [-0.15, -0.1) is 0 Å². The van der Waals surface area contributed by atoms with Gasteiger partial charge in [0.05, 0.1) is 13.5 Å². The Morgan fingerprint density at radius 1 is 1.47 bits per heavy atom. The first-order valence-electron chi connectivity index (χ1n) is 6.13. The predicted molar refractivity (Wildman–Crippen MR) is 78.7 cm³/mol. The van der Waals surface area contributed by atoms with Crippen LogP contribution in [0.15, 0.2) is 18.2 Å². The molecule has 0 bridgehead atoms. The van der Waals surface area contributed by atoms with Crippen molar-refractivity contribution in [2.24, 2.45) is 5.73 Å². The zero-order valence-corrected chi connectivity index (χ0v) is 12.9. The Bertz CT molecular complexity index is 465. The third-order valence-corrected chi connectivity index (χ3v) is 4.09. The molecule has 3 nitrogen and oxygen atoms in total. The molecule has 0 fully saturated rings. The van der Waals surface area contributed by atoms with E-state index in [1.807, 2.05) is 19.9 Å². The summed E-state index contributed by atoms with van der Waals surface area (Å²) in [5.74, 6) is -0.308. The lowest BCUT2D eigenvalue weighted by atomic mass is 9.72. The number of esters is 1. The van der Waals surface area contributed by atoms with Gasteiger partial charge in [-0.25, -0.2) is 0 Å². The number of halogens is 2. The van der Waals surface area contributed by atoms with E-state index in [1.54, 1.807) is 12.1 Å². The number of carbonyl (C=O) groups excluding carboxylic acids is 1. The highest BCUT2D eigenvalue weighted by Crippen LogP contribution is 2.37. The maximum atomic E-state index is 11.7. The minimum atomic E-state index is -0.580. The van der Waals surface area contributed by atoms with E-state index in [4.69, 9.17) is 33.7 Å². The van der Waals surface area contributed by atoms with Gasteiger partial charge in [-0.1, -0.05) is 43.1 Å². The Hall–Kier alpha value is -0.770. The van der Waals surface area contributed by atoms with E-state index in [9.17, 15) is 4.79 Å². The molecule has 5 heteroatoms. The highest BCUT2D eigenvalue weighted by Gasteiger charge is 2.37. The van der Waals surface area contributed by atoms with Crippen LogP contribution in [-0.4, -0.2) is 19.1 Å². The van der Waals surface area contributed by atoms with Gasteiger partial charge in [-0.3, -0.25) is 4.79 Å². The second kappa shape index (κ2) is 6.60. The van der Waals surface area contributed by atoms with E-state index in [0.29, 0.717) is 10.0 Å². The van der Waals surface area contributed by atoms with Gasteiger partial charge in [-0.2, -0.15) is 0 Å². The number of rotatable bonds is 5. The fourth-order valence-corrected chi connectivity index (χ4v) is 2.83. The third kappa shape index (κ3) is 3.62. The van der Waals surface area contributed by atoms with Gasteiger partial charge in [0.2, 0.25) is 0 Å². The summed E-state index contributed by atoms with van der Waals surface area (Å²) in [5.41, 5.74) is 6.43. The van der Waals surface area contributed by atoms with E-state index in [1.165, 1.54) is 7.11 Å². The lowest BCUT2D eigenvalue weighted by Crippen LogP contribution is -2.44. The number of carbonyl (C=O) groups is 1. The average molecular weight is 304 g/mol. The third-order valence-electron chi connectivity index (χ3n) is 3.54. The molecule has 2 unspecified atom stereocenters. The second-order valence-corrected chi connectivity index (χ2v) is 5.65. The summed E-state index contributed by atoms with van der Waals surface area (Å²) < 4.78 is 4.76. The smallest absolute Gasteiger partial charge is 0.306 e. The second-order valence-electron chi connectivity index (χ2n) is 4.81. The van der Waals surface area contributed by atoms with Gasteiger partial charge in [0.25, 0.3) is 0 Å². The van der Waals surface area contributed by atoms with Crippen LogP contribution in [0.4, 0.5) is 0 Å². The lowest BCUT2D eigenvalue weighted by Gasteiger charge is -2.35. The zero-order chi connectivity index (χ0) is 14.6. The number of benzene rings is 1. The van der Waals surface area contributed by atoms with Gasteiger partial charge >= 0.3 is 5.97 Å². The van der Waals surface area contributed by atoms with Gasteiger partial charge < -0.3 is 10.5 Å². The molecule has 0 radical (unpaired) electrons. The maximum absolute atomic E-state index is 11.7. The van der Waals surface area contributed by atoms with Crippen molar-refractivity contribution < 1.29 is 9.53 Å². The van der Waals surface area contributed by atoms with E-state index < -0.39 is 5.41 Å². The summed E-state index contributed by atoms with van der Waals surface area (Å²) in [6.45, 7) is 3.90. The Kier molecular flexibility index (Phi) is 5.65. The SMILES string of the molecule is CCC(N)C(C)(CC(=O)OC)c1ccc(Cl)cc1Cl. The highest BCUT2D eigenvalue weighted by atomic mass is 35.5.